The highest BCUT2D eigenvalue weighted by atomic mass is 32.1. The van der Waals surface area contributed by atoms with Crippen LogP contribution in [0.25, 0.3) is 10.2 Å². The molecule has 27 heavy (non-hydrogen) atoms. The van der Waals surface area contributed by atoms with Gasteiger partial charge in [-0.25, -0.2) is 9.97 Å². The van der Waals surface area contributed by atoms with Crippen LogP contribution < -0.4 is 0 Å². The number of carbonyl (C=O) groups excluding carboxylic acids is 2. The van der Waals surface area contributed by atoms with Gasteiger partial charge in [0.2, 0.25) is 0 Å². The number of nitrogens with zero attached hydrogens (tertiary/aromatic N) is 4. The van der Waals surface area contributed by atoms with Crippen molar-refractivity contribution in [2.24, 2.45) is 0 Å². The van der Waals surface area contributed by atoms with Crippen molar-refractivity contribution in [2.45, 2.75) is 39.7 Å². The molecule has 2 aromatic heterocycles. The second kappa shape index (κ2) is 7.16. The Morgan fingerprint density at radius 1 is 1.07 bits per heavy atom. The van der Waals surface area contributed by atoms with Gasteiger partial charge in [-0.3, -0.25) is 9.59 Å². The molecule has 2 amide bonds. The lowest BCUT2D eigenvalue weighted by atomic mass is 10.1. The predicted octanol–water partition coefficient (Wildman–Crippen LogP) is 2.08. The van der Waals surface area contributed by atoms with Gasteiger partial charge in [0.1, 0.15) is 16.8 Å². The Morgan fingerprint density at radius 3 is 2.44 bits per heavy atom. The van der Waals surface area contributed by atoms with Crippen LogP contribution in [0.15, 0.2) is 0 Å². The Balaban J connectivity index is 1.48. The first-order chi connectivity index (χ1) is 13.0. The summed E-state index contributed by atoms with van der Waals surface area (Å²) >= 11 is 1.44. The quantitative estimate of drug-likeness (QED) is 0.787. The number of hydrogen-bond acceptors (Lipinski definition) is 6. The van der Waals surface area contributed by atoms with Gasteiger partial charge in [0.25, 0.3) is 11.8 Å². The maximum atomic E-state index is 13.1. The number of aryl methyl sites for hydroxylation is 3. The summed E-state index contributed by atoms with van der Waals surface area (Å²) in [5.41, 5.74) is 1.87. The molecule has 0 N–H and O–H groups in total. The largest absolute Gasteiger partial charge is 0.368 e. The van der Waals surface area contributed by atoms with Gasteiger partial charge in [0, 0.05) is 43.9 Å². The van der Waals surface area contributed by atoms with Gasteiger partial charge in [-0.1, -0.05) is 0 Å². The van der Waals surface area contributed by atoms with Crippen molar-refractivity contribution in [3.8, 4) is 0 Å². The maximum absolute atomic E-state index is 13.1. The third kappa shape index (κ3) is 3.32. The molecule has 0 aliphatic carbocycles. The van der Waals surface area contributed by atoms with Crippen LogP contribution in [0.1, 0.15) is 39.6 Å². The van der Waals surface area contributed by atoms with Gasteiger partial charge in [-0.05, 0) is 39.2 Å². The van der Waals surface area contributed by atoms with E-state index in [1.54, 1.807) is 0 Å². The van der Waals surface area contributed by atoms with Gasteiger partial charge in [0.15, 0.2) is 0 Å². The number of thiophene rings is 1. The average molecular weight is 388 g/mol. The molecule has 2 saturated heterocycles. The number of carbonyl (C=O) groups is 2. The number of amides is 2. The summed E-state index contributed by atoms with van der Waals surface area (Å²) < 4.78 is 5.50. The van der Waals surface area contributed by atoms with E-state index in [2.05, 4.69) is 9.97 Å². The van der Waals surface area contributed by atoms with Crippen LogP contribution in [0.5, 0.6) is 0 Å². The molecule has 8 heteroatoms. The Hall–Kier alpha value is -2.06. The minimum absolute atomic E-state index is 0.0248. The van der Waals surface area contributed by atoms with Crippen LogP contribution in [-0.4, -0.2) is 70.5 Å². The molecular weight excluding hydrogens is 364 g/mol. The first-order valence-corrected chi connectivity index (χ1v) is 10.2. The summed E-state index contributed by atoms with van der Waals surface area (Å²) in [5, 5.41) is 0.987. The SMILES string of the molecule is Cc1nc(C)c2c(C)c(C(=O)N3CCN(C(=O)C4CCCO4)CC3)sc2n1. The van der Waals surface area contributed by atoms with Crippen molar-refractivity contribution in [2.75, 3.05) is 32.8 Å². The number of fused-ring (bicyclic) bond motifs is 1. The van der Waals surface area contributed by atoms with Crippen LogP contribution in [0.3, 0.4) is 0 Å². The Kier molecular flexibility index (Phi) is 4.86. The van der Waals surface area contributed by atoms with E-state index in [0.717, 1.165) is 45.0 Å². The van der Waals surface area contributed by atoms with E-state index in [0.29, 0.717) is 32.8 Å². The fourth-order valence-corrected chi connectivity index (χ4v) is 5.17. The molecule has 0 bridgehead atoms. The fraction of sp³-hybridized carbons (Fsp3) is 0.579. The number of piperazine rings is 1. The highest BCUT2D eigenvalue weighted by molar-refractivity contribution is 7.20. The van der Waals surface area contributed by atoms with E-state index in [1.165, 1.54) is 11.3 Å². The van der Waals surface area contributed by atoms with Crippen LogP contribution in [0, 0.1) is 20.8 Å². The first-order valence-electron chi connectivity index (χ1n) is 9.39. The Labute approximate surface area is 162 Å². The molecule has 2 fully saturated rings. The number of ether oxygens (including phenoxy) is 1. The Morgan fingerprint density at radius 2 is 1.78 bits per heavy atom. The number of hydrogen-bond donors (Lipinski definition) is 0. The molecule has 0 spiro atoms. The molecule has 0 radical (unpaired) electrons. The first kappa shape index (κ1) is 18.3. The molecule has 2 aliphatic heterocycles. The molecule has 1 unspecified atom stereocenters. The normalized spacial score (nSPS) is 20.5. The minimum Gasteiger partial charge on any atom is -0.368 e. The summed E-state index contributed by atoms with van der Waals surface area (Å²) in [6, 6.07) is 0. The smallest absolute Gasteiger partial charge is 0.264 e. The topological polar surface area (TPSA) is 75.6 Å². The third-order valence-electron chi connectivity index (χ3n) is 5.36. The van der Waals surface area contributed by atoms with Gasteiger partial charge in [0.05, 0.1) is 4.88 Å². The van der Waals surface area contributed by atoms with E-state index in [1.807, 2.05) is 30.6 Å². The standard InChI is InChI=1S/C19H24N4O3S/c1-11-15-12(2)20-13(3)21-17(15)27-16(11)19(25)23-8-6-22(7-9-23)18(24)14-5-4-10-26-14/h14H,4-10H2,1-3H3. The van der Waals surface area contributed by atoms with Crippen LogP contribution in [-0.2, 0) is 9.53 Å². The van der Waals surface area contributed by atoms with E-state index in [-0.39, 0.29) is 17.9 Å². The van der Waals surface area contributed by atoms with Gasteiger partial charge in [-0.15, -0.1) is 11.3 Å². The molecule has 0 saturated carbocycles. The lowest BCUT2D eigenvalue weighted by Gasteiger charge is -2.35. The molecular formula is C19H24N4O3S. The molecule has 2 aliphatic rings. The third-order valence-corrected chi connectivity index (χ3v) is 6.53. The summed E-state index contributed by atoms with van der Waals surface area (Å²) in [6.07, 6.45) is 1.46. The van der Waals surface area contributed by atoms with Crippen molar-refractivity contribution in [3.63, 3.8) is 0 Å². The van der Waals surface area contributed by atoms with Crippen LogP contribution in [0.2, 0.25) is 0 Å². The van der Waals surface area contributed by atoms with Gasteiger partial charge >= 0.3 is 0 Å². The van der Waals surface area contributed by atoms with Crippen molar-refractivity contribution < 1.29 is 14.3 Å². The lowest BCUT2D eigenvalue weighted by molar-refractivity contribution is -0.142. The zero-order chi connectivity index (χ0) is 19.1. The summed E-state index contributed by atoms with van der Waals surface area (Å²) in [7, 11) is 0. The molecule has 4 heterocycles. The molecule has 7 nitrogen and oxygen atoms in total. The molecule has 0 aromatic carbocycles. The highest BCUT2D eigenvalue weighted by Gasteiger charge is 2.32. The van der Waals surface area contributed by atoms with Crippen molar-refractivity contribution in [1.82, 2.24) is 19.8 Å². The van der Waals surface area contributed by atoms with Gasteiger partial charge < -0.3 is 14.5 Å². The van der Waals surface area contributed by atoms with Crippen molar-refractivity contribution in [3.05, 3.63) is 22.0 Å². The predicted molar refractivity (Wildman–Crippen MR) is 103 cm³/mol. The fourth-order valence-electron chi connectivity index (χ4n) is 3.93. The molecule has 144 valence electrons. The second-order valence-corrected chi connectivity index (χ2v) is 8.21. The van der Waals surface area contributed by atoms with Gasteiger partial charge in [-0.2, -0.15) is 0 Å². The number of rotatable bonds is 2. The number of aromatic nitrogens is 2. The summed E-state index contributed by atoms with van der Waals surface area (Å²) in [4.78, 5) is 39.7. The zero-order valence-electron chi connectivity index (χ0n) is 15.9. The van der Waals surface area contributed by atoms with Crippen LogP contribution >= 0.6 is 11.3 Å². The monoisotopic (exact) mass is 388 g/mol. The lowest BCUT2D eigenvalue weighted by Crippen LogP contribution is -2.52. The van der Waals surface area contributed by atoms with E-state index >= 15 is 0 Å². The van der Waals surface area contributed by atoms with Crippen molar-refractivity contribution >= 4 is 33.4 Å². The van der Waals surface area contributed by atoms with Crippen molar-refractivity contribution in [1.29, 1.82) is 0 Å². The zero-order valence-corrected chi connectivity index (χ0v) is 16.8. The van der Waals surface area contributed by atoms with Crippen LogP contribution in [0.4, 0.5) is 0 Å². The van der Waals surface area contributed by atoms with E-state index in [9.17, 15) is 9.59 Å². The average Bonchev–Trinajstić information content (AvgIpc) is 3.29. The maximum Gasteiger partial charge on any atom is 0.264 e. The molecule has 1 atom stereocenters. The second-order valence-electron chi connectivity index (χ2n) is 7.21. The minimum atomic E-state index is -0.290. The summed E-state index contributed by atoms with van der Waals surface area (Å²) in [5.74, 6) is 0.817. The van der Waals surface area contributed by atoms with E-state index < -0.39 is 0 Å². The molecule has 4 rings (SSSR count). The summed E-state index contributed by atoms with van der Waals surface area (Å²) in [6.45, 7) is 8.69. The molecule has 2 aromatic rings. The van der Waals surface area contributed by atoms with E-state index in [4.69, 9.17) is 4.74 Å². The Bertz CT molecular complexity index is 896. The highest BCUT2D eigenvalue weighted by Crippen LogP contribution is 2.32.